The first-order valence-electron chi connectivity index (χ1n) is 18.9. The van der Waals surface area contributed by atoms with Crippen molar-refractivity contribution in [3.8, 4) is 28.4 Å². The number of aromatic nitrogens is 2. The lowest BCUT2D eigenvalue weighted by molar-refractivity contribution is 0.483. The average molecular weight is 710 g/mol. The summed E-state index contributed by atoms with van der Waals surface area (Å²) in [6, 6.07) is 48.3. The first-order valence-corrected chi connectivity index (χ1v) is 18.4. The molecule has 3 heterocycles. The number of para-hydroxylation sites is 3. The van der Waals surface area contributed by atoms with E-state index in [1.165, 1.54) is 17.7 Å². The third-order valence-corrected chi connectivity index (χ3v) is 10.4. The van der Waals surface area contributed by atoms with Crippen LogP contribution >= 0.6 is 0 Å². The summed E-state index contributed by atoms with van der Waals surface area (Å²) >= 11 is 0. The number of nitrogens with zero attached hydrogens (tertiary/aromatic N) is 4. The van der Waals surface area contributed by atoms with Gasteiger partial charge in [-0.15, -0.1) is 0 Å². The Bertz CT molecular complexity index is 2710. The van der Waals surface area contributed by atoms with E-state index < -0.39 is 5.89 Å². The molecule has 0 radical (unpaired) electrons. The van der Waals surface area contributed by atoms with Gasteiger partial charge in [-0.3, -0.25) is 4.57 Å². The zero-order valence-electron chi connectivity index (χ0n) is 31.8. The zero-order chi connectivity index (χ0) is 37.8. The molecule has 0 unspecified atom stereocenters. The number of fused-ring (bicyclic) bond motifs is 4. The summed E-state index contributed by atoms with van der Waals surface area (Å²) < 4.78 is 32.1. The van der Waals surface area contributed by atoms with Gasteiger partial charge in [-0.1, -0.05) is 82.3 Å². The standard InChI is InChI=1S/C48H41FN4O/c1-31(2)33-23-24-50-48(27-33)53-44-14-8-7-13-42(44)43-22-21-38(29-47(43)53)54-39-26-34(41-12-6-5-11-40(41)32(3)4)25-37(28-39)52-30-51(36-19-17-35(49)18-20-36)45-15-9-10-16-46(45)52/h5-29,31-32H,30H2,1-4H3/i32D. The van der Waals surface area contributed by atoms with E-state index in [1.54, 1.807) is 0 Å². The molecule has 8 aromatic rings. The smallest absolute Gasteiger partial charge is 0.137 e. The fraction of sp³-hybridized carbons (Fsp3) is 0.146. The zero-order valence-corrected chi connectivity index (χ0v) is 30.8. The molecule has 1 aliphatic heterocycles. The molecule has 6 heteroatoms. The van der Waals surface area contributed by atoms with E-state index in [4.69, 9.17) is 11.1 Å². The molecule has 5 nitrogen and oxygen atoms in total. The van der Waals surface area contributed by atoms with Gasteiger partial charge in [0.05, 0.1) is 22.4 Å². The van der Waals surface area contributed by atoms with Crippen LogP contribution in [0.1, 0.15) is 52.0 Å². The molecule has 54 heavy (non-hydrogen) atoms. The van der Waals surface area contributed by atoms with Gasteiger partial charge in [0.25, 0.3) is 0 Å². The van der Waals surface area contributed by atoms with Crippen LogP contribution in [0.4, 0.5) is 27.1 Å². The van der Waals surface area contributed by atoms with Crippen molar-refractivity contribution in [3.63, 3.8) is 0 Å². The monoisotopic (exact) mass is 709 g/mol. The first kappa shape index (κ1) is 32.3. The van der Waals surface area contributed by atoms with Crippen molar-refractivity contribution in [2.24, 2.45) is 0 Å². The number of rotatable bonds is 8. The van der Waals surface area contributed by atoms with Crippen LogP contribution in [-0.2, 0) is 0 Å². The van der Waals surface area contributed by atoms with E-state index in [2.05, 4.69) is 113 Å². The molecular weight excluding hydrogens is 668 g/mol. The van der Waals surface area contributed by atoms with Gasteiger partial charge < -0.3 is 14.5 Å². The van der Waals surface area contributed by atoms with Crippen LogP contribution in [0.5, 0.6) is 11.5 Å². The lowest BCUT2D eigenvalue weighted by atomic mass is 9.92. The third-order valence-electron chi connectivity index (χ3n) is 10.4. The molecule has 2 aromatic heterocycles. The maximum absolute atomic E-state index is 14.0. The number of anilines is 4. The Morgan fingerprint density at radius 3 is 2.13 bits per heavy atom. The van der Waals surface area contributed by atoms with Crippen molar-refractivity contribution in [2.45, 2.75) is 39.5 Å². The quantitative estimate of drug-likeness (QED) is 0.157. The summed E-state index contributed by atoms with van der Waals surface area (Å²) in [5, 5.41) is 2.27. The molecule has 0 amide bonds. The number of benzene rings is 6. The van der Waals surface area contributed by atoms with Gasteiger partial charge in [-0.25, -0.2) is 9.37 Å². The second-order valence-corrected chi connectivity index (χ2v) is 14.5. The third kappa shape index (κ3) is 5.94. The molecule has 0 fully saturated rings. The summed E-state index contributed by atoms with van der Waals surface area (Å²) in [5.41, 5.74) is 10.1. The first-order chi connectivity index (χ1) is 26.6. The van der Waals surface area contributed by atoms with Gasteiger partial charge in [-0.05, 0) is 113 Å². The number of hydrogen-bond acceptors (Lipinski definition) is 4. The Labute approximate surface area is 316 Å². The predicted molar refractivity (Wildman–Crippen MR) is 221 cm³/mol. The van der Waals surface area contributed by atoms with Crippen LogP contribution in [-0.4, -0.2) is 16.2 Å². The van der Waals surface area contributed by atoms with E-state index in [0.29, 0.717) is 24.1 Å². The molecule has 0 saturated heterocycles. The van der Waals surface area contributed by atoms with Gasteiger partial charge in [0.2, 0.25) is 0 Å². The maximum atomic E-state index is 14.0. The highest BCUT2D eigenvalue weighted by atomic mass is 19.1. The summed E-state index contributed by atoms with van der Waals surface area (Å²) in [4.78, 5) is 9.29. The van der Waals surface area contributed by atoms with E-state index in [1.807, 2.05) is 68.6 Å². The van der Waals surface area contributed by atoms with Crippen molar-refractivity contribution in [3.05, 3.63) is 169 Å². The van der Waals surface area contributed by atoms with Crippen molar-refractivity contribution in [1.29, 1.82) is 0 Å². The summed E-state index contributed by atoms with van der Waals surface area (Å²) in [6.45, 7) is 8.76. The fourth-order valence-electron chi connectivity index (χ4n) is 7.71. The Balaban J connectivity index is 1.19. The highest BCUT2D eigenvalue weighted by Gasteiger charge is 2.29. The van der Waals surface area contributed by atoms with Gasteiger partial charge in [-0.2, -0.15) is 0 Å². The topological polar surface area (TPSA) is 33.5 Å². The molecule has 0 N–H and O–H groups in total. The van der Waals surface area contributed by atoms with Crippen molar-refractivity contribution in [2.75, 3.05) is 16.5 Å². The summed E-state index contributed by atoms with van der Waals surface area (Å²) in [7, 11) is 0. The Morgan fingerprint density at radius 2 is 1.35 bits per heavy atom. The SMILES string of the molecule is [2H]C(C)(C)c1ccccc1-c1cc(Oc2ccc3c4ccccc4n(-c4cc(C(C)C)ccn4)c3c2)cc(N2CN(c3ccc(F)cc3)c3ccccc32)c1. The van der Waals surface area contributed by atoms with Crippen LogP contribution in [0.25, 0.3) is 38.8 Å². The summed E-state index contributed by atoms with van der Waals surface area (Å²) in [6.07, 6.45) is 1.89. The molecule has 0 atom stereocenters. The van der Waals surface area contributed by atoms with Crippen molar-refractivity contribution >= 4 is 44.6 Å². The van der Waals surface area contributed by atoms with E-state index in [-0.39, 0.29) is 5.82 Å². The maximum Gasteiger partial charge on any atom is 0.137 e. The van der Waals surface area contributed by atoms with E-state index in [9.17, 15) is 4.39 Å². The molecule has 266 valence electrons. The average Bonchev–Trinajstić information content (AvgIpc) is 3.74. The van der Waals surface area contributed by atoms with Crippen LogP contribution in [0, 0.1) is 5.82 Å². The normalized spacial score (nSPS) is 13.2. The second-order valence-electron chi connectivity index (χ2n) is 14.5. The minimum atomic E-state index is -0.827. The van der Waals surface area contributed by atoms with Crippen LogP contribution < -0.4 is 14.5 Å². The second kappa shape index (κ2) is 13.5. The highest BCUT2D eigenvalue weighted by Crippen LogP contribution is 2.46. The molecule has 0 saturated carbocycles. The van der Waals surface area contributed by atoms with Crippen molar-refractivity contribution in [1.82, 2.24) is 9.55 Å². The molecule has 1 aliphatic rings. The predicted octanol–water partition coefficient (Wildman–Crippen LogP) is 13.3. The van der Waals surface area contributed by atoms with E-state index >= 15 is 0 Å². The number of hydrogen-bond donors (Lipinski definition) is 0. The Morgan fingerprint density at radius 1 is 0.648 bits per heavy atom. The van der Waals surface area contributed by atoms with Gasteiger partial charge in [0.15, 0.2) is 0 Å². The highest BCUT2D eigenvalue weighted by molar-refractivity contribution is 6.09. The minimum Gasteiger partial charge on any atom is -0.457 e. The van der Waals surface area contributed by atoms with Gasteiger partial charge >= 0.3 is 0 Å². The van der Waals surface area contributed by atoms with Crippen LogP contribution in [0.2, 0.25) is 0 Å². The molecular formula is C48H41FN4O. The molecule has 0 bridgehead atoms. The Hall–Kier alpha value is -6.40. The lowest BCUT2D eigenvalue weighted by Crippen LogP contribution is -2.24. The fourth-order valence-corrected chi connectivity index (χ4v) is 7.71. The Kier molecular flexibility index (Phi) is 8.09. The lowest BCUT2D eigenvalue weighted by Gasteiger charge is -2.24. The summed E-state index contributed by atoms with van der Waals surface area (Å²) in [5.74, 6) is 1.51. The number of pyridine rings is 1. The minimum absolute atomic E-state index is 0.266. The van der Waals surface area contributed by atoms with Gasteiger partial charge in [0.1, 0.15) is 29.8 Å². The van der Waals surface area contributed by atoms with Crippen LogP contribution in [0.15, 0.2) is 152 Å². The molecule has 6 aromatic carbocycles. The van der Waals surface area contributed by atoms with Crippen molar-refractivity contribution < 1.29 is 10.5 Å². The molecule has 9 rings (SSSR count). The number of halogens is 1. The van der Waals surface area contributed by atoms with E-state index in [0.717, 1.165) is 67.1 Å². The molecule has 0 spiro atoms. The largest absolute Gasteiger partial charge is 0.457 e. The van der Waals surface area contributed by atoms with Crippen LogP contribution in [0.3, 0.4) is 0 Å². The van der Waals surface area contributed by atoms with Gasteiger partial charge in [0, 0.05) is 41.8 Å². The number of ether oxygens (including phenoxy) is 1. The molecule has 0 aliphatic carbocycles.